The standard InChI is InChI=1S/C23H23N5O3/c1-23-21(30-3)13(24-2)8-15(31-23)28-14-7-5-4-6-11(14)16-17-12(9-25-22(17)29)18-20(19(16)28)27(23)10-26-18/h4-7,10,13,15,21,24H,8-9H2,1-3H3,(H,25,29)/t13-,15-,21-,23+/m1/s1. The van der Waals surface area contributed by atoms with Crippen LogP contribution >= 0.6 is 0 Å². The SMILES string of the molecule is CN[C@@H]1C[C@H]2O[C@@](C)([C@@H]1OC)n1cnc3c4c(c5c6ccccc6n2c5c31)C(=O)NC4. The lowest BCUT2D eigenvalue weighted by atomic mass is 9.93. The molecule has 1 fully saturated rings. The summed E-state index contributed by atoms with van der Waals surface area (Å²) in [7, 11) is 3.70. The highest BCUT2D eigenvalue weighted by Crippen LogP contribution is 2.50. The fraction of sp³-hybridized carbons (Fsp3) is 0.391. The molecular weight excluding hydrogens is 394 g/mol. The number of amides is 1. The Morgan fingerprint density at radius 3 is 2.97 bits per heavy atom. The molecule has 4 aromatic rings. The normalized spacial score (nSPS) is 29.1. The predicted octanol–water partition coefficient (Wildman–Crippen LogP) is 2.60. The van der Waals surface area contributed by atoms with Crippen molar-refractivity contribution in [1.82, 2.24) is 24.8 Å². The molecule has 5 heterocycles. The Hall–Kier alpha value is -2.94. The summed E-state index contributed by atoms with van der Waals surface area (Å²) in [6, 6.07) is 8.38. The Balaban J connectivity index is 1.75. The largest absolute Gasteiger partial charge is 0.375 e. The lowest BCUT2D eigenvalue weighted by Crippen LogP contribution is -2.59. The minimum atomic E-state index is -0.753. The highest BCUT2D eigenvalue weighted by Gasteiger charge is 2.52. The van der Waals surface area contributed by atoms with Crippen LogP contribution in [-0.2, 0) is 21.7 Å². The van der Waals surface area contributed by atoms with Crippen molar-refractivity contribution in [3.63, 3.8) is 0 Å². The molecule has 1 saturated heterocycles. The molecule has 3 aliphatic rings. The maximum Gasteiger partial charge on any atom is 0.252 e. The molecule has 0 spiro atoms. The van der Waals surface area contributed by atoms with Crippen molar-refractivity contribution in [3.8, 4) is 0 Å². The number of hydrogen-bond acceptors (Lipinski definition) is 5. The highest BCUT2D eigenvalue weighted by molar-refractivity contribution is 6.26. The van der Waals surface area contributed by atoms with Crippen molar-refractivity contribution in [2.75, 3.05) is 14.2 Å². The Labute approximate surface area is 178 Å². The van der Waals surface area contributed by atoms with Gasteiger partial charge in [-0.1, -0.05) is 18.2 Å². The quantitative estimate of drug-likeness (QED) is 0.524. The van der Waals surface area contributed by atoms with Gasteiger partial charge in [-0.3, -0.25) is 9.36 Å². The molecule has 4 atom stereocenters. The van der Waals surface area contributed by atoms with E-state index in [1.165, 1.54) is 0 Å². The third-order valence-corrected chi connectivity index (χ3v) is 7.51. The fourth-order valence-corrected chi connectivity index (χ4v) is 6.24. The highest BCUT2D eigenvalue weighted by atomic mass is 16.6. The Bertz CT molecular complexity index is 1440. The summed E-state index contributed by atoms with van der Waals surface area (Å²) in [5.74, 6) is -0.0310. The summed E-state index contributed by atoms with van der Waals surface area (Å²) < 4.78 is 17.2. The number of aromatic nitrogens is 3. The summed E-state index contributed by atoms with van der Waals surface area (Å²) in [4.78, 5) is 17.8. The Morgan fingerprint density at radius 1 is 1.32 bits per heavy atom. The van der Waals surface area contributed by atoms with Gasteiger partial charge in [-0.05, 0) is 20.0 Å². The van der Waals surface area contributed by atoms with Crippen molar-refractivity contribution < 1.29 is 14.3 Å². The number of fused-ring (bicyclic) bond motifs is 10. The topological polar surface area (TPSA) is 82.3 Å². The van der Waals surface area contributed by atoms with E-state index in [0.29, 0.717) is 6.54 Å². The Kier molecular flexibility index (Phi) is 3.22. The molecular formula is C23H23N5O3. The zero-order valence-corrected chi connectivity index (χ0v) is 17.6. The second-order valence-corrected chi connectivity index (χ2v) is 8.87. The first-order chi connectivity index (χ1) is 15.1. The molecule has 0 radical (unpaired) electrons. The summed E-state index contributed by atoms with van der Waals surface area (Å²) in [5.41, 5.74) is 4.91. The molecule has 7 rings (SSSR count). The fourth-order valence-electron chi connectivity index (χ4n) is 6.24. The van der Waals surface area contributed by atoms with Crippen molar-refractivity contribution in [1.29, 1.82) is 0 Å². The second-order valence-electron chi connectivity index (χ2n) is 8.87. The first-order valence-electron chi connectivity index (χ1n) is 10.7. The molecule has 2 aromatic carbocycles. The monoisotopic (exact) mass is 417 g/mol. The van der Waals surface area contributed by atoms with Gasteiger partial charge in [0.25, 0.3) is 5.91 Å². The Morgan fingerprint density at radius 2 is 2.16 bits per heavy atom. The summed E-state index contributed by atoms with van der Waals surface area (Å²) >= 11 is 0. The van der Waals surface area contributed by atoms with Gasteiger partial charge in [0.1, 0.15) is 12.3 Å². The number of hydrogen-bond donors (Lipinski definition) is 2. The van der Waals surface area contributed by atoms with Crippen LogP contribution in [0.5, 0.6) is 0 Å². The summed E-state index contributed by atoms with van der Waals surface area (Å²) in [6.45, 7) is 2.57. The number of rotatable bonds is 2. The molecule has 2 bridgehead atoms. The van der Waals surface area contributed by atoms with Crippen LogP contribution in [0.25, 0.3) is 32.8 Å². The van der Waals surface area contributed by atoms with E-state index in [9.17, 15) is 4.79 Å². The minimum Gasteiger partial charge on any atom is -0.375 e. The van der Waals surface area contributed by atoms with Crippen LogP contribution in [0.3, 0.4) is 0 Å². The van der Waals surface area contributed by atoms with E-state index in [-0.39, 0.29) is 24.3 Å². The minimum absolute atomic E-state index is 0.0310. The number of benzene rings is 2. The lowest BCUT2D eigenvalue weighted by Gasteiger charge is -2.47. The van der Waals surface area contributed by atoms with Crippen LogP contribution in [0, 0.1) is 0 Å². The number of imidazole rings is 1. The van der Waals surface area contributed by atoms with Crippen LogP contribution in [0.15, 0.2) is 30.6 Å². The van der Waals surface area contributed by atoms with Gasteiger partial charge in [0.15, 0.2) is 5.72 Å². The van der Waals surface area contributed by atoms with E-state index in [1.807, 2.05) is 25.5 Å². The van der Waals surface area contributed by atoms with Crippen LogP contribution in [-0.4, -0.2) is 46.3 Å². The molecule has 8 nitrogen and oxygen atoms in total. The summed E-state index contributed by atoms with van der Waals surface area (Å²) in [5, 5.41) is 8.53. The summed E-state index contributed by atoms with van der Waals surface area (Å²) in [6.07, 6.45) is 2.19. The third kappa shape index (κ3) is 1.88. The van der Waals surface area contributed by atoms with Gasteiger partial charge >= 0.3 is 0 Å². The number of ether oxygens (including phenoxy) is 2. The zero-order chi connectivity index (χ0) is 21.1. The molecule has 0 unspecified atom stereocenters. The van der Waals surface area contributed by atoms with Gasteiger partial charge in [0, 0.05) is 42.5 Å². The maximum atomic E-state index is 13.0. The van der Waals surface area contributed by atoms with Gasteiger partial charge in [0.2, 0.25) is 0 Å². The number of carbonyl (C=O) groups is 1. The zero-order valence-electron chi connectivity index (χ0n) is 17.6. The number of nitrogens with zero attached hydrogens (tertiary/aromatic N) is 3. The lowest BCUT2D eigenvalue weighted by molar-refractivity contribution is -0.257. The van der Waals surface area contributed by atoms with Crippen molar-refractivity contribution >= 4 is 38.7 Å². The molecule has 1 amide bonds. The maximum absolute atomic E-state index is 13.0. The van der Waals surface area contributed by atoms with E-state index in [2.05, 4.69) is 38.8 Å². The van der Waals surface area contributed by atoms with Crippen molar-refractivity contribution in [2.24, 2.45) is 0 Å². The number of para-hydroxylation sites is 1. The number of likely N-dealkylation sites (N-methyl/N-ethyl adjacent to an activating group) is 1. The first-order valence-corrected chi connectivity index (χ1v) is 10.7. The predicted molar refractivity (Wildman–Crippen MR) is 116 cm³/mol. The molecule has 158 valence electrons. The molecule has 3 aliphatic heterocycles. The van der Waals surface area contributed by atoms with Gasteiger partial charge in [0.05, 0.1) is 34.0 Å². The molecule has 0 saturated carbocycles. The molecule has 8 heteroatoms. The molecule has 2 aromatic heterocycles. The van der Waals surface area contributed by atoms with Crippen molar-refractivity contribution in [3.05, 3.63) is 41.7 Å². The van der Waals surface area contributed by atoms with Gasteiger partial charge in [-0.2, -0.15) is 0 Å². The van der Waals surface area contributed by atoms with Crippen LogP contribution in [0.1, 0.15) is 35.5 Å². The van der Waals surface area contributed by atoms with Gasteiger partial charge < -0.3 is 24.7 Å². The second kappa shape index (κ2) is 5.64. The molecule has 0 aliphatic carbocycles. The van der Waals surface area contributed by atoms with Gasteiger partial charge in [-0.15, -0.1) is 0 Å². The van der Waals surface area contributed by atoms with Crippen LogP contribution in [0.4, 0.5) is 0 Å². The van der Waals surface area contributed by atoms with E-state index in [4.69, 9.17) is 14.5 Å². The average Bonchev–Trinajstić information content (AvgIpc) is 3.45. The first kappa shape index (κ1) is 17.7. The van der Waals surface area contributed by atoms with E-state index in [0.717, 1.165) is 50.4 Å². The van der Waals surface area contributed by atoms with Crippen molar-refractivity contribution in [2.45, 2.75) is 44.0 Å². The average molecular weight is 417 g/mol. The van der Waals surface area contributed by atoms with E-state index >= 15 is 0 Å². The third-order valence-electron chi connectivity index (χ3n) is 7.51. The van der Waals surface area contributed by atoms with E-state index in [1.54, 1.807) is 7.11 Å². The molecule has 31 heavy (non-hydrogen) atoms. The van der Waals surface area contributed by atoms with E-state index < -0.39 is 5.72 Å². The number of carbonyl (C=O) groups excluding carboxylic acids is 1. The number of nitrogens with one attached hydrogen (secondary N) is 2. The van der Waals surface area contributed by atoms with Crippen LogP contribution in [0.2, 0.25) is 0 Å². The van der Waals surface area contributed by atoms with Crippen LogP contribution < -0.4 is 10.6 Å². The molecule has 2 N–H and O–H groups in total. The van der Waals surface area contributed by atoms with Gasteiger partial charge in [-0.25, -0.2) is 4.98 Å². The smallest absolute Gasteiger partial charge is 0.252 e. The number of methoxy groups -OCH3 is 1.